The maximum Gasteiger partial charge on any atom is 0.185 e. The Morgan fingerprint density at radius 1 is 1.04 bits per heavy atom. The van der Waals surface area contributed by atoms with Gasteiger partial charge in [0, 0.05) is 18.3 Å². The molecule has 4 aliphatic carbocycles. The monoisotopic (exact) mass is 372 g/mol. The molecule has 26 heavy (non-hydrogen) atoms. The number of hydrogen-bond acceptors (Lipinski definition) is 2. The van der Waals surface area contributed by atoms with E-state index in [-0.39, 0.29) is 11.0 Å². The van der Waals surface area contributed by atoms with Crippen molar-refractivity contribution in [2.45, 2.75) is 90.0 Å². The molecule has 0 unspecified atom stereocenters. The van der Waals surface area contributed by atoms with Crippen molar-refractivity contribution in [1.82, 2.24) is 0 Å². The number of rotatable bonds is 2. The van der Waals surface area contributed by atoms with Gasteiger partial charge in [-0.1, -0.05) is 12.8 Å². The van der Waals surface area contributed by atoms with Crippen molar-refractivity contribution in [3.8, 4) is 12.3 Å². The third kappa shape index (κ3) is 2.75. The van der Waals surface area contributed by atoms with Crippen LogP contribution in [0.2, 0.25) is 19.6 Å². The lowest BCUT2D eigenvalue weighted by Crippen LogP contribution is -2.56. The van der Waals surface area contributed by atoms with E-state index >= 15 is 0 Å². The fourth-order valence-corrected chi connectivity index (χ4v) is 9.05. The molecule has 0 aromatic heterocycles. The number of terminal acetylenes is 1. The predicted molar refractivity (Wildman–Crippen MR) is 108 cm³/mol. The molecule has 0 aromatic carbocycles. The second kappa shape index (κ2) is 6.21. The highest BCUT2D eigenvalue weighted by atomic mass is 28.4. The Balaban J connectivity index is 1.60. The molecule has 0 heterocycles. The number of hydrogen-bond donors (Lipinski definition) is 0. The number of carbonyl (C=O) groups excluding carboxylic acids is 1. The molecule has 4 saturated carbocycles. The molecule has 0 spiro atoms. The highest BCUT2D eigenvalue weighted by molar-refractivity contribution is 6.69. The summed E-state index contributed by atoms with van der Waals surface area (Å²) in [5.41, 5.74) is -0.201. The summed E-state index contributed by atoms with van der Waals surface area (Å²) in [4.78, 5) is 11.9. The first-order valence-electron chi connectivity index (χ1n) is 10.9. The van der Waals surface area contributed by atoms with Crippen LogP contribution in [-0.2, 0) is 9.22 Å². The molecule has 0 amide bonds. The third-order valence-electron chi connectivity index (χ3n) is 8.60. The fraction of sp³-hybridized carbons (Fsp3) is 0.870. The molecule has 0 saturated heterocycles. The van der Waals surface area contributed by atoms with Crippen molar-refractivity contribution >= 4 is 14.1 Å². The summed E-state index contributed by atoms with van der Waals surface area (Å²) in [7, 11) is -1.70. The van der Waals surface area contributed by atoms with Crippen LogP contribution in [0.3, 0.4) is 0 Å². The van der Waals surface area contributed by atoms with Crippen LogP contribution in [0.25, 0.3) is 0 Å². The Kier molecular flexibility index (Phi) is 4.48. The van der Waals surface area contributed by atoms with Crippen LogP contribution in [0.15, 0.2) is 0 Å². The Hall–Kier alpha value is -0.593. The molecule has 0 aliphatic heterocycles. The zero-order valence-electron chi connectivity index (χ0n) is 17.1. The van der Waals surface area contributed by atoms with Gasteiger partial charge >= 0.3 is 0 Å². The van der Waals surface area contributed by atoms with Gasteiger partial charge in [-0.15, -0.1) is 6.42 Å². The Labute approximate surface area is 161 Å². The molecule has 0 aromatic rings. The Bertz CT molecular complexity index is 629. The van der Waals surface area contributed by atoms with Crippen LogP contribution in [0.4, 0.5) is 0 Å². The average Bonchev–Trinajstić information content (AvgIpc) is 2.86. The first-order valence-corrected chi connectivity index (χ1v) is 14.3. The van der Waals surface area contributed by atoms with Gasteiger partial charge in [0.15, 0.2) is 8.32 Å². The minimum atomic E-state index is -1.70. The summed E-state index contributed by atoms with van der Waals surface area (Å²) in [6, 6.07) is 0. The normalized spacial score (nSPS) is 48.3. The fourth-order valence-electron chi connectivity index (χ4n) is 7.61. The first-order chi connectivity index (χ1) is 12.2. The second-order valence-corrected chi connectivity index (χ2v) is 15.3. The van der Waals surface area contributed by atoms with Gasteiger partial charge in [-0.25, -0.2) is 0 Å². The highest BCUT2D eigenvalue weighted by Gasteiger charge is 2.64. The maximum atomic E-state index is 11.9. The van der Waals surface area contributed by atoms with Gasteiger partial charge in [-0.2, -0.15) is 0 Å². The molecule has 3 heteroatoms. The lowest BCUT2D eigenvalue weighted by atomic mass is 9.49. The van der Waals surface area contributed by atoms with Crippen LogP contribution in [-0.4, -0.2) is 19.7 Å². The minimum Gasteiger partial charge on any atom is -0.401 e. The van der Waals surface area contributed by atoms with E-state index in [0.29, 0.717) is 17.6 Å². The highest BCUT2D eigenvalue weighted by Crippen LogP contribution is 2.66. The van der Waals surface area contributed by atoms with Crippen molar-refractivity contribution in [2.75, 3.05) is 0 Å². The van der Waals surface area contributed by atoms with E-state index in [9.17, 15) is 4.79 Å². The predicted octanol–water partition coefficient (Wildman–Crippen LogP) is 5.43. The van der Waals surface area contributed by atoms with E-state index in [0.717, 1.165) is 43.4 Å². The van der Waals surface area contributed by atoms with Crippen LogP contribution in [0, 0.1) is 47.3 Å². The van der Waals surface area contributed by atoms with Crippen molar-refractivity contribution in [3.63, 3.8) is 0 Å². The number of fused-ring (bicyclic) bond motifs is 5. The molecule has 4 aliphatic rings. The topological polar surface area (TPSA) is 26.3 Å². The lowest BCUT2D eigenvalue weighted by Gasteiger charge is -2.57. The lowest BCUT2D eigenvalue weighted by molar-refractivity contribution is -0.129. The molecule has 4 rings (SSSR count). The molecular weight excluding hydrogens is 336 g/mol. The van der Waals surface area contributed by atoms with Crippen LogP contribution in [0.5, 0.6) is 0 Å². The standard InChI is InChI=1S/C23H36O2Si/c1-6-23(25-26(3,4)5)14-12-21-20-9-7-16-15-17(24)8-10-18(16)19(20)11-13-22(21,23)2/h1,16,18-21H,7-15H2,2-5H3/t16-,18+,19-,20-,21+,22+,23+/m1/s1. The SMILES string of the molecule is C#C[C@]1(O[Si](C)(C)C)CC[C@H]2[C@@H]3CC[C@@H]4CC(=O)CC[C@@H]4[C@H]3CC[C@@]21C. The third-order valence-corrected chi connectivity index (χ3v) is 9.56. The summed E-state index contributed by atoms with van der Waals surface area (Å²) in [5, 5.41) is 0. The van der Waals surface area contributed by atoms with Crippen LogP contribution >= 0.6 is 0 Å². The number of ketones is 1. The summed E-state index contributed by atoms with van der Waals surface area (Å²) in [6.45, 7) is 9.29. The summed E-state index contributed by atoms with van der Waals surface area (Å²) in [5.74, 6) is 7.55. The summed E-state index contributed by atoms with van der Waals surface area (Å²) < 4.78 is 6.77. The molecule has 0 N–H and O–H groups in total. The van der Waals surface area contributed by atoms with E-state index in [1.165, 1.54) is 32.1 Å². The zero-order chi connectivity index (χ0) is 18.7. The Morgan fingerprint density at radius 3 is 2.50 bits per heavy atom. The van der Waals surface area contributed by atoms with E-state index in [1.807, 2.05) is 0 Å². The summed E-state index contributed by atoms with van der Waals surface area (Å²) >= 11 is 0. The van der Waals surface area contributed by atoms with Gasteiger partial charge in [-0.3, -0.25) is 4.79 Å². The van der Waals surface area contributed by atoms with E-state index in [4.69, 9.17) is 10.8 Å². The van der Waals surface area contributed by atoms with Crippen LogP contribution in [0.1, 0.15) is 64.7 Å². The quantitative estimate of drug-likeness (QED) is 0.477. The Morgan fingerprint density at radius 2 is 1.81 bits per heavy atom. The molecule has 2 nitrogen and oxygen atoms in total. The van der Waals surface area contributed by atoms with Gasteiger partial charge in [0.2, 0.25) is 0 Å². The largest absolute Gasteiger partial charge is 0.401 e. The van der Waals surface area contributed by atoms with Gasteiger partial charge < -0.3 is 4.43 Å². The molecule has 0 radical (unpaired) electrons. The van der Waals surface area contributed by atoms with E-state index in [1.54, 1.807) is 0 Å². The number of Topliss-reactive ketones (excluding diaryl/α,β-unsaturated/α-hetero) is 1. The van der Waals surface area contributed by atoms with Crippen molar-refractivity contribution in [2.24, 2.45) is 35.0 Å². The minimum absolute atomic E-state index is 0.139. The molecule has 0 bridgehead atoms. The van der Waals surface area contributed by atoms with Crippen LogP contribution < -0.4 is 0 Å². The van der Waals surface area contributed by atoms with Crippen molar-refractivity contribution < 1.29 is 9.22 Å². The van der Waals surface area contributed by atoms with E-state index in [2.05, 4.69) is 32.5 Å². The zero-order valence-corrected chi connectivity index (χ0v) is 18.1. The van der Waals surface area contributed by atoms with E-state index < -0.39 is 8.32 Å². The average molecular weight is 373 g/mol. The van der Waals surface area contributed by atoms with Gasteiger partial charge in [0.1, 0.15) is 11.4 Å². The second-order valence-electron chi connectivity index (χ2n) is 10.9. The van der Waals surface area contributed by atoms with Gasteiger partial charge in [0.05, 0.1) is 0 Å². The molecule has 7 atom stereocenters. The van der Waals surface area contributed by atoms with Gasteiger partial charge in [-0.05, 0) is 94.2 Å². The molecule has 144 valence electrons. The maximum absolute atomic E-state index is 11.9. The van der Waals surface area contributed by atoms with Crippen molar-refractivity contribution in [3.05, 3.63) is 0 Å². The summed E-state index contributed by atoms with van der Waals surface area (Å²) in [6.07, 6.45) is 16.4. The molecular formula is C23H36O2Si. The van der Waals surface area contributed by atoms with Crippen molar-refractivity contribution in [1.29, 1.82) is 0 Å². The molecule has 4 fully saturated rings. The number of carbonyl (C=O) groups is 1. The first kappa shape index (κ1) is 18.8. The van der Waals surface area contributed by atoms with Gasteiger partial charge in [0.25, 0.3) is 0 Å². The smallest absolute Gasteiger partial charge is 0.185 e.